The molecule has 2 aromatic carbocycles. The van der Waals surface area contributed by atoms with Gasteiger partial charge >= 0.3 is 0 Å². The summed E-state index contributed by atoms with van der Waals surface area (Å²) in [4.78, 5) is 19.4. The van der Waals surface area contributed by atoms with Crippen molar-refractivity contribution in [2.45, 2.75) is 44.9 Å². The Labute approximate surface area is 171 Å². The molecule has 150 valence electrons. The molecule has 0 spiro atoms. The predicted octanol–water partition coefficient (Wildman–Crippen LogP) is 5.10. The number of amides is 1. The van der Waals surface area contributed by atoms with E-state index < -0.39 is 0 Å². The van der Waals surface area contributed by atoms with E-state index in [4.69, 9.17) is 4.52 Å². The van der Waals surface area contributed by atoms with Gasteiger partial charge in [-0.1, -0.05) is 61.0 Å². The second-order valence-electron chi connectivity index (χ2n) is 7.69. The van der Waals surface area contributed by atoms with E-state index >= 15 is 0 Å². The highest BCUT2D eigenvalue weighted by molar-refractivity contribution is 5.94. The molecule has 1 aliphatic rings. The molecule has 0 bridgehead atoms. The Morgan fingerprint density at radius 1 is 1.07 bits per heavy atom. The van der Waals surface area contributed by atoms with E-state index in [1.165, 1.54) is 18.4 Å². The highest BCUT2D eigenvalue weighted by Crippen LogP contribution is 2.29. The Morgan fingerprint density at radius 2 is 1.79 bits per heavy atom. The number of nitrogens with zero attached hydrogens (tertiary/aromatic N) is 3. The van der Waals surface area contributed by atoms with Crippen LogP contribution in [0.3, 0.4) is 0 Å². The second-order valence-corrected chi connectivity index (χ2v) is 7.69. The van der Waals surface area contributed by atoms with Gasteiger partial charge in [-0.3, -0.25) is 4.79 Å². The van der Waals surface area contributed by atoms with Crippen LogP contribution in [0.25, 0.3) is 11.4 Å². The predicted molar refractivity (Wildman–Crippen MR) is 113 cm³/mol. The number of rotatable bonds is 6. The van der Waals surface area contributed by atoms with Gasteiger partial charge in [-0.05, 0) is 43.4 Å². The zero-order valence-corrected chi connectivity index (χ0v) is 16.9. The molecule has 0 atom stereocenters. The Bertz CT molecular complexity index is 926. The van der Waals surface area contributed by atoms with Gasteiger partial charge in [0.2, 0.25) is 11.7 Å². The van der Waals surface area contributed by atoms with Gasteiger partial charge in [-0.25, -0.2) is 0 Å². The normalized spacial score (nSPS) is 14.9. The first kappa shape index (κ1) is 19.4. The molecule has 0 radical (unpaired) electrons. The van der Waals surface area contributed by atoms with Crippen molar-refractivity contribution in [3.63, 3.8) is 0 Å². The Kier molecular flexibility index (Phi) is 6.03. The lowest BCUT2D eigenvalue weighted by atomic mass is 9.96. The quantitative estimate of drug-likeness (QED) is 0.588. The SMILES string of the molecule is CCCCc1ccc(C(=O)N2CCC(c3nc(-c4ccccc4)no3)CC2)cc1. The summed E-state index contributed by atoms with van der Waals surface area (Å²) in [6, 6.07) is 17.9. The van der Waals surface area contributed by atoms with Crippen LogP contribution in [0.15, 0.2) is 59.1 Å². The third-order valence-corrected chi connectivity index (χ3v) is 5.63. The Morgan fingerprint density at radius 3 is 2.48 bits per heavy atom. The van der Waals surface area contributed by atoms with Gasteiger partial charge in [0.05, 0.1) is 0 Å². The topological polar surface area (TPSA) is 59.2 Å². The minimum Gasteiger partial charge on any atom is -0.339 e. The molecule has 1 aromatic heterocycles. The highest BCUT2D eigenvalue weighted by Gasteiger charge is 2.28. The third kappa shape index (κ3) is 4.56. The van der Waals surface area contributed by atoms with Crippen LogP contribution in [-0.4, -0.2) is 34.0 Å². The number of hydrogen-bond acceptors (Lipinski definition) is 4. The average molecular weight is 389 g/mol. The monoisotopic (exact) mass is 389 g/mol. The fraction of sp³-hybridized carbons (Fsp3) is 0.375. The van der Waals surface area contributed by atoms with Gasteiger partial charge in [-0.2, -0.15) is 4.98 Å². The van der Waals surface area contributed by atoms with Crippen molar-refractivity contribution in [2.75, 3.05) is 13.1 Å². The standard InChI is InChI=1S/C24H27N3O2/c1-2-3-7-18-10-12-21(13-11-18)24(28)27-16-14-20(15-17-27)23-25-22(26-29-23)19-8-5-4-6-9-19/h4-6,8-13,20H,2-3,7,14-17H2,1H3. The summed E-state index contributed by atoms with van der Waals surface area (Å²) in [5.74, 6) is 1.62. The van der Waals surface area contributed by atoms with E-state index in [-0.39, 0.29) is 11.8 Å². The van der Waals surface area contributed by atoms with Crippen molar-refractivity contribution in [3.8, 4) is 11.4 Å². The number of likely N-dealkylation sites (tertiary alicyclic amines) is 1. The zero-order chi connectivity index (χ0) is 20.1. The van der Waals surface area contributed by atoms with Gasteiger partial charge in [0.15, 0.2) is 0 Å². The lowest BCUT2D eigenvalue weighted by Gasteiger charge is -2.30. The summed E-state index contributed by atoms with van der Waals surface area (Å²) in [6.07, 6.45) is 5.13. The van der Waals surface area contributed by atoms with Crippen molar-refractivity contribution < 1.29 is 9.32 Å². The molecule has 1 saturated heterocycles. The van der Waals surface area contributed by atoms with Crippen molar-refractivity contribution >= 4 is 5.91 Å². The van der Waals surface area contributed by atoms with Crippen LogP contribution in [0.4, 0.5) is 0 Å². The maximum Gasteiger partial charge on any atom is 0.253 e. The highest BCUT2D eigenvalue weighted by atomic mass is 16.5. The van der Waals surface area contributed by atoms with E-state index in [1.54, 1.807) is 0 Å². The molecule has 1 aliphatic heterocycles. The molecule has 5 heteroatoms. The maximum absolute atomic E-state index is 12.8. The van der Waals surface area contributed by atoms with Gasteiger partial charge in [0, 0.05) is 30.1 Å². The number of aromatic nitrogens is 2. The summed E-state index contributed by atoms with van der Waals surface area (Å²) in [5.41, 5.74) is 3.03. The number of aryl methyl sites for hydroxylation is 1. The molecule has 5 nitrogen and oxygen atoms in total. The molecule has 1 amide bonds. The van der Waals surface area contributed by atoms with Crippen molar-refractivity contribution in [3.05, 3.63) is 71.6 Å². The van der Waals surface area contributed by atoms with E-state index in [9.17, 15) is 4.79 Å². The zero-order valence-electron chi connectivity index (χ0n) is 16.9. The van der Waals surface area contributed by atoms with Crippen molar-refractivity contribution in [1.82, 2.24) is 15.0 Å². The van der Waals surface area contributed by atoms with Crippen LogP contribution in [0.5, 0.6) is 0 Å². The molecule has 0 N–H and O–H groups in total. The number of hydrogen-bond donors (Lipinski definition) is 0. The summed E-state index contributed by atoms with van der Waals surface area (Å²) < 4.78 is 5.52. The number of carbonyl (C=O) groups excluding carboxylic acids is 1. The van der Waals surface area contributed by atoms with E-state index in [0.29, 0.717) is 24.8 Å². The van der Waals surface area contributed by atoms with Gasteiger partial charge < -0.3 is 9.42 Å². The van der Waals surface area contributed by atoms with E-state index in [1.807, 2.05) is 47.4 Å². The first-order valence-corrected chi connectivity index (χ1v) is 10.5. The minimum absolute atomic E-state index is 0.112. The third-order valence-electron chi connectivity index (χ3n) is 5.63. The lowest BCUT2D eigenvalue weighted by Crippen LogP contribution is -2.38. The summed E-state index contributed by atoms with van der Waals surface area (Å²) in [6.45, 7) is 3.62. The molecule has 2 heterocycles. The first-order chi connectivity index (χ1) is 14.2. The lowest BCUT2D eigenvalue weighted by molar-refractivity contribution is 0.0704. The van der Waals surface area contributed by atoms with Gasteiger partial charge in [0.1, 0.15) is 0 Å². The molecule has 0 saturated carbocycles. The van der Waals surface area contributed by atoms with Crippen LogP contribution in [0, 0.1) is 0 Å². The van der Waals surface area contributed by atoms with E-state index in [2.05, 4.69) is 29.2 Å². The van der Waals surface area contributed by atoms with Gasteiger partial charge in [0.25, 0.3) is 5.91 Å². The van der Waals surface area contributed by atoms with Crippen LogP contribution in [0.2, 0.25) is 0 Å². The smallest absolute Gasteiger partial charge is 0.253 e. The number of carbonyl (C=O) groups is 1. The fourth-order valence-electron chi connectivity index (χ4n) is 3.81. The summed E-state index contributed by atoms with van der Waals surface area (Å²) in [5, 5.41) is 4.13. The van der Waals surface area contributed by atoms with Gasteiger partial charge in [-0.15, -0.1) is 0 Å². The first-order valence-electron chi connectivity index (χ1n) is 10.5. The average Bonchev–Trinajstić information content (AvgIpc) is 3.29. The molecule has 4 rings (SSSR count). The van der Waals surface area contributed by atoms with Crippen molar-refractivity contribution in [2.24, 2.45) is 0 Å². The van der Waals surface area contributed by atoms with Crippen LogP contribution in [0.1, 0.15) is 60.3 Å². The van der Waals surface area contributed by atoms with E-state index in [0.717, 1.165) is 30.4 Å². The second kappa shape index (κ2) is 9.03. The number of benzene rings is 2. The Balaban J connectivity index is 1.34. The summed E-state index contributed by atoms with van der Waals surface area (Å²) in [7, 11) is 0. The fourth-order valence-corrected chi connectivity index (χ4v) is 3.81. The number of piperidine rings is 1. The molecular formula is C24H27N3O2. The Hall–Kier alpha value is -2.95. The van der Waals surface area contributed by atoms with Crippen LogP contribution >= 0.6 is 0 Å². The molecule has 29 heavy (non-hydrogen) atoms. The largest absolute Gasteiger partial charge is 0.339 e. The molecule has 1 fully saturated rings. The summed E-state index contributed by atoms with van der Waals surface area (Å²) >= 11 is 0. The molecule has 0 unspecified atom stereocenters. The van der Waals surface area contributed by atoms with Crippen LogP contribution < -0.4 is 0 Å². The van der Waals surface area contributed by atoms with Crippen molar-refractivity contribution in [1.29, 1.82) is 0 Å². The maximum atomic E-state index is 12.8. The molecule has 0 aliphatic carbocycles. The minimum atomic E-state index is 0.112. The molecule has 3 aromatic rings. The van der Waals surface area contributed by atoms with Crippen LogP contribution in [-0.2, 0) is 6.42 Å². The number of unbranched alkanes of at least 4 members (excludes halogenated alkanes) is 1. The molecular weight excluding hydrogens is 362 g/mol.